The van der Waals surface area contributed by atoms with Gasteiger partial charge in [-0.15, -0.1) is 0 Å². The van der Waals surface area contributed by atoms with E-state index in [1.807, 2.05) is 0 Å². The van der Waals surface area contributed by atoms with E-state index >= 15 is 0 Å². The number of aliphatic hydroxyl groups is 1. The zero-order valence-electron chi connectivity index (χ0n) is 12.8. The molecule has 2 heterocycles. The van der Waals surface area contributed by atoms with Crippen molar-refractivity contribution in [2.75, 3.05) is 13.2 Å². The summed E-state index contributed by atoms with van der Waals surface area (Å²) in [4.78, 5) is 26.0. The molecular weight excluding hydrogens is 318 g/mol. The van der Waals surface area contributed by atoms with Crippen LogP contribution in [0.4, 0.5) is 0 Å². The average molecular weight is 336 g/mol. The van der Waals surface area contributed by atoms with Crippen LogP contribution in [0.15, 0.2) is 35.6 Å². The quantitative estimate of drug-likeness (QED) is 0.918. The fourth-order valence-electron chi connectivity index (χ4n) is 3.23. The highest BCUT2D eigenvalue weighted by Crippen LogP contribution is 2.40. The summed E-state index contributed by atoms with van der Waals surface area (Å²) in [5.74, 6) is -1.37. The molecule has 0 bridgehead atoms. The predicted molar refractivity (Wildman–Crippen MR) is 85.2 cm³/mol. The summed E-state index contributed by atoms with van der Waals surface area (Å²) in [6, 6.07) is 6.38. The average Bonchev–Trinajstić information content (AvgIpc) is 3.10. The first-order valence-electron chi connectivity index (χ1n) is 7.61. The van der Waals surface area contributed by atoms with Crippen molar-refractivity contribution in [3.63, 3.8) is 0 Å². The van der Waals surface area contributed by atoms with Gasteiger partial charge in [0.15, 0.2) is 11.5 Å². The molecule has 2 atom stereocenters. The summed E-state index contributed by atoms with van der Waals surface area (Å²) < 4.78 is 5.60. The lowest BCUT2D eigenvalue weighted by Gasteiger charge is -2.29. The van der Waals surface area contributed by atoms with Crippen molar-refractivity contribution in [2.24, 2.45) is 0 Å². The highest BCUT2D eigenvalue weighted by Gasteiger charge is 2.44. The Labute approximate surface area is 139 Å². The maximum Gasteiger partial charge on any atom is 0.290 e. The molecule has 0 radical (unpaired) electrons. The normalized spacial score (nSPS) is 24.6. The van der Waals surface area contributed by atoms with Crippen LogP contribution in [0.3, 0.4) is 0 Å². The van der Waals surface area contributed by atoms with Crippen molar-refractivity contribution in [2.45, 2.75) is 31.9 Å². The topological polar surface area (TPSA) is 66.8 Å². The zero-order chi connectivity index (χ0) is 16.6. The van der Waals surface area contributed by atoms with Crippen LogP contribution in [0, 0.1) is 0 Å². The molecule has 1 aromatic carbocycles. The van der Waals surface area contributed by atoms with Crippen molar-refractivity contribution in [1.29, 1.82) is 0 Å². The molecule has 1 saturated heterocycles. The third kappa shape index (κ3) is 2.86. The molecule has 2 aliphatic heterocycles. The number of hydrogen-bond acceptors (Lipinski definition) is 4. The van der Waals surface area contributed by atoms with Crippen LogP contribution in [0.2, 0.25) is 5.02 Å². The van der Waals surface area contributed by atoms with Crippen LogP contribution >= 0.6 is 11.6 Å². The van der Waals surface area contributed by atoms with Gasteiger partial charge in [-0.2, -0.15) is 0 Å². The first-order chi connectivity index (χ1) is 11.0. The third-order valence-corrected chi connectivity index (χ3v) is 4.65. The Balaban J connectivity index is 2.02. The molecule has 5 nitrogen and oxygen atoms in total. The highest BCUT2D eigenvalue weighted by molar-refractivity contribution is 6.31. The monoisotopic (exact) mass is 335 g/mol. The maximum atomic E-state index is 12.5. The second kappa shape index (κ2) is 6.34. The van der Waals surface area contributed by atoms with Gasteiger partial charge in [0.05, 0.1) is 17.7 Å². The van der Waals surface area contributed by atoms with Crippen molar-refractivity contribution < 1.29 is 19.4 Å². The van der Waals surface area contributed by atoms with E-state index in [1.165, 1.54) is 11.8 Å². The number of halogens is 1. The Morgan fingerprint density at radius 1 is 1.43 bits per heavy atom. The largest absolute Gasteiger partial charge is 0.503 e. The minimum Gasteiger partial charge on any atom is -0.503 e. The number of rotatable bonds is 4. The molecule has 1 fully saturated rings. The van der Waals surface area contributed by atoms with E-state index in [2.05, 4.69) is 0 Å². The molecule has 2 aliphatic rings. The van der Waals surface area contributed by atoms with Crippen LogP contribution in [0.1, 0.15) is 31.4 Å². The molecule has 3 rings (SSSR count). The molecule has 0 saturated carbocycles. The van der Waals surface area contributed by atoms with Crippen LogP contribution < -0.4 is 0 Å². The van der Waals surface area contributed by atoms with Crippen LogP contribution in [-0.4, -0.2) is 41.0 Å². The van der Waals surface area contributed by atoms with Crippen LogP contribution in [-0.2, 0) is 14.3 Å². The summed E-state index contributed by atoms with van der Waals surface area (Å²) in [5.41, 5.74) is 0.732. The molecular formula is C17H18ClNO4. The molecule has 0 spiro atoms. The molecule has 0 unspecified atom stereocenters. The van der Waals surface area contributed by atoms with E-state index in [4.69, 9.17) is 16.3 Å². The minimum absolute atomic E-state index is 0.0805. The molecule has 1 amide bonds. The molecule has 1 aromatic rings. The maximum absolute atomic E-state index is 12.5. The molecule has 6 heteroatoms. The summed E-state index contributed by atoms with van der Waals surface area (Å²) >= 11 is 6.27. The first kappa shape index (κ1) is 16.0. The number of aliphatic hydroxyl groups excluding tert-OH is 1. The van der Waals surface area contributed by atoms with E-state index in [0.29, 0.717) is 23.7 Å². The Hall–Kier alpha value is -1.85. The second-order valence-electron chi connectivity index (χ2n) is 5.84. The van der Waals surface area contributed by atoms with Crippen molar-refractivity contribution in [3.05, 3.63) is 46.2 Å². The Morgan fingerprint density at radius 2 is 2.17 bits per heavy atom. The second-order valence-corrected chi connectivity index (χ2v) is 6.24. The number of carbonyl (C=O) groups is 2. The van der Waals surface area contributed by atoms with E-state index in [1.54, 1.807) is 24.3 Å². The molecule has 1 N–H and O–H groups in total. The molecule has 0 aromatic heterocycles. The van der Waals surface area contributed by atoms with Gasteiger partial charge in [0.25, 0.3) is 5.91 Å². The van der Waals surface area contributed by atoms with Gasteiger partial charge < -0.3 is 14.7 Å². The predicted octanol–water partition coefficient (Wildman–Crippen LogP) is 2.80. The van der Waals surface area contributed by atoms with Crippen LogP contribution in [0.5, 0.6) is 0 Å². The Kier molecular flexibility index (Phi) is 4.41. The van der Waals surface area contributed by atoms with E-state index in [0.717, 1.165) is 12.8 Å². The molecule has 122 valence electrons. The van der Waals surface area contributed by atoms with E-state index in [-0.39, 0.29) is 17.5 Å². The van der Waals surface area contributed by atoms with Crippen molar-refractivity contribution >= 4 is 23.3 Å². The summed E-state index contributed by atoms with van der Waals surface area (Å²) in [6.45, 7) is 2.34. The minimum atomic E-state index is -0.669. The lowest BCUT2D eigenvalue weighted by Crippen LogP contribution is -2.37. The SMILES string of the molecule is CC(=O)C1=C(O)C(=O)N(C[C@@H]2CCCO2)[C@@H]1c1ccccc1Cl. The number of hydrogen-bond donors (Lipinski definition) is 1. The van der Waals surface area contributed by atoms with E-state index in [9.17, 15) is 14.7 Å². The van der Waals surface area contributed by atoms with Crippen LogP contribution in [0.25, 0.3) is 0 Å². The first-order valence-corrected chi connectivity index (χ1v) is 7.99. The number of carbonyl (C=O) groups excluding carboxylic acids is 2. The lowest BCUT2D eigenvalue weighted by atomic mass is 9.96. The molecule has 23 heavy (non-hydrogen) atoms. The van der Waals surface area contributed by atoms with Gasteiger partial charge in [-0.1, -0.05) is 29.8 Å². The summed E-state index contributed by atoms with van der Waals surface area (Å²) in [7, 11) is 0. The van der Waals surface area contributed by atoms with Gasteiger partial charge in [0.2, 0.25) is 0 Å². The fraction of sp³-hybridized carbons (Fsp3) is 0.412. The number of Topliss-reactive ketones (excluding diaryl/α,β-unsaturated/α-hetero) is 1. The number of ether oxygens (including phenoxy) is 1. The lowest BCUT2D eigenvalue weighted by molar-refractivity contribution is -0.131. The Bertz CT molecular complexity index is 679. The smallest absolute Gasteiger partial charge is 0.290 e. The van der Waals surface area contributed by atoms with Gasteiger partial charge in [-0.3, -0.25) is 9.59 Å². The highest BCUT2D eigenvalue weighted by atomic mass is 35.5. The summed E-state index contributed by atoms with van der Waals surface area (Å²) in [5, 5.41) is 10.6. The van der Waals surface area contributed by atoms with Gasteiger partial charge >= 0.3 is 0 Å². The fourth-order valence-corrected chi connectivity index (χ4v) is 3.47. The number of amides is 1. The molecule has 0 aliphatic carbocycles. The number of benzene rings is 1. The summed E-state index contributed by atoms with van der Waals surface area (Å²) in [6.07, 6.45) is 1.72. The standard InChI is InChI=1S/C17H18ClNO4/c1-10(20)14-15(12-6-2-3-7-13(12)18)19(17(22)16(14)21)9-11-5-4-8-23-11/h2-3,6-7,11,15,21H,4-5,8-9H2,1H3/t11-,15+/m0/s1. The van der Waals surface area contributed by atoms with E-state index < -0.39 is 17.7 Å². The van der Waals surface area contributed by atoms with Crippen molar-refractivity contribution in [1.82, 2.24) is 4.90 Å². The van der Waals surface area contributed by atoms with Gasteiger partial charge in [0, 0.05) is 18.2 Å². The number of ketones is 1. The third-order valence-electron chi connectivity index (χ3n) is 4.31. The number of nitrogens with zero attached hydrogens (tertiary/aromatic N) is 1. The van der Waals surface area contributed by atoms with Gasteiger partial charge in [0.1, 0.15) is 0 Å². The zero-order valence-corrected chi connectivity index (χ0v) is 13.5. The van der Waals surface area contributed by atoms with Gasteiger partial charge in [-0.05, 0) is 31.4 Å². The van der Waals surface area contributed by atoms with Gasteiger partial charge in [-0.25, -0.2) is 0 Å². The van der Waals surface area contributed by atoms with Crippen molar-refractivity contribution in [3.8, 4) is 0 Å². The Morgan fingerprint density at radius 3 is 2.78 bits per heavy atom.